The van der Waals surface area contributed by atoms with E-state index >= 15 is 0 Å². The second-order valence-electron chi connectivity index (χ2n) is 5.27. The molecule has 0 aliphatic rings. The van der Waals surface area contributed by atoms with Gasteiger partial charge in [0.25, 0.3) is 11.1 Å². The van der Waals surface area contributed by atoms with Crippen molar-refractivity contribution in [3.05, 3.63) is 81.5 Å². The van der Waals surface area contributed by atoms with Crippen LogP contribution in [0.1, 0.15) is 5.69 Å². The number of aromatic nitrogens is 4. The largest absolute Gasteiger partial charge is 0.313 e. The first-order valence-electron chi connectivity index (χ1n) is 7.29. The molecule has 0 saturated carbocycles. The fourth-order valence-corrected chi connectivity index (χ4v) is 3.54. The zero-order valence-electron chi connectivity index (χ0n) is 12.5. The average Bonchev–Trinajstić information content (AvgIpc) is 3.03. The van der Waals surface area contributed by atoms with E-state index in [9.17, 15) is 9.59 Å². The summed E-state index contributed by atoms with van der Waals surface area (Å²) in [6.07, 6.45) is 2.82. The van der Waals surface area contributed by atoms with Crippen molar-refractivity contribution < 1.29 is 0 Å². The van der Waals surface area contributed by atoms with Crippen LogP contribution >= 0.6 is 11.3 Å². The van der Waals surface area contributed by atoms with E-state index in [0.29, 0.717) is 15.9 Å². The average molecular weight is 336 g/mol. The van der Waals surface area contributed by atoms with E-state index in [2.05, 4.69) is 15.0 Å². The van der Waals surface area contributed by atoms with Gasteiger partial charge in [0.1, 0.15) is 4.70 Å². The number of thiophene rings is 1. The van der Waals surface area contributed by atoms with Crippen molar-refractivity contribution in [3.8, 4) is 10.4 Å². The standard InChI is InChI=1S/C17H12N4O2S/c22-15-6-12(18-9-19-15)8-21-10-20-13-7-14(24-16(13)17(21)23)11-4-2-1-3-5-11/h1-7,9-10H,8H2,(H,18,19,22). The van der Waals surface area contributed by atoms with E-state index in [0.717, 1.165) is 10.4 Å². The Kier molecular flexibility index (Phi) is 3.55. The van der Waals surface area contributed by atoms with Gasteiger partial charge in [-0.1, -0.05) is 30.3 Å². The van der Waals surface area contributed by atoms with Gasteiger partial charge in [0, 0.05) is 10.9 Å². The molecule has 6 nitrogen and oxygen atoms in total. The molecule has 1 N–H and O–H groups in total. The molecule has 4 aromatic rings. The van der Waals surface area contributed by atoms with E-state index in [4.69, 9.17) is 0 Å². The van der Waals surface area contributed by atoms with Crippen LogP contribution in [0.2, 0.25) is 0 Å². The Morgan fingerprint density at radius 2 is 1.92 bits per heavy atom. The third-order valence-electron chi connectivity index (χ3n) is 3.63. The van der Waals surface area contributed by atoms with Gasteiger partial charge in [0.15, 0.2) is 0 Å². The maximum atomic E-state index is 12.7. The van der Waals surface area contributed by atoms with Crippen LogP contribution < -0.4 is 11.1 Å². The highest BCUT2D eigenvalue weighted by molar-refractivity contribution is 7.22. The Labute approximate surface area is 140 Å². The Bertz CT molecular complexity index is 1130. The molecule has 4 rings (SSSR count). The number of nitrogens with one attached hydrogen (secondary N) is 1. The fourth-order valence-electron chi connectivity index (χ4n) is 2.47. The number of H-pyrrole nitrogens is 1. The van der Waals surface area contributed by atoms with Crippen LogP contribution in [0.15, 0.2) is 64.7 Å². The zero-order valence-corrected chi connectivity index (χ0v) is 13.3. The summed E-state index contributed by atoms with van der Waals surface area (Å²) in [7, 11) is 0. The van der Waals surface area contributed by atoms with Crippen molar-refractivity contribution >= 4 is 21.6 Å². The smallest absolute Gasteiger partial charge is 0.271 e. The molecule has 0 atom stereocenters. The van der Waals surface area contributed by atoms with Crippen LogP contribution in [-0.2, 0) is 6.54 Å². The lowest BCUT2D eigenvalue weighted by molar-refractivity contribution is 0.726. The van der Waals surface area contributed by atoms with E-state index in [1.54, 1.807) is 0 Å². The van der Waals surface area contributed by atoms with Gasteiger partial charge in [-0.15, -0.1) is 11.3 Å². The maximum Gasteiger partial charge on any atom is 0.271 e. The predicted octanol–water partition coefficient (Wildman–Crippen LogP) is 2.26. The molecule has 7 heteroatoms. The molecule has 3 heterocycles. The van der Waals surface area contributed by atoms with E-state index in [1.165, 1.54) is 34.6 Å². The lowest BCUT2D eigenvalue weighted by Crippen LogP contribution is -2.21. The predicted molar refractivity (Wildman–Crippen MR) is 93.3 cm³/mol. The molecule has 0 radical (unpaired) electrons. The highest BCUT2D eigenvalue weighted by atomic mass is 32.1. The lowest BCUT2D eigenvalue weighted by Gasteiger charge is -2.03. The minimum Gasteiger partial charge on any atom is -0.313 e. The summed E-state index contributed by atoms with van der Waals surface area (Å²) >= 11 is 1.42. The molecular formula is C17H12N4O2S. The van der Waals surface area contributed by atoms with Crippen LogP contribution in [-0.4, -0.2) is 19.5 Å². The van der Waals surface area contributed by atoms with Crippen LogP contribution in [0.25, 0.3) is 20.7 Å². The highest BCUT2D eigenvalue weighted by Gasteiger charge is 2.11. The monoisotopic (exact) mass is 336 g/mol. The van der Waals surface area contributed by atoms with Gasteiger partial charge in [0.2, 0.25) is 0 Å². The maximum absolute atomic E-state index is 12.7. The van der Waals surface area contributed by atoms with Crippen molar-refractivity contribution in [2.24, 2.45) is 0 Å². The Morgan fingerprint density at radius 1 is 1.08 bits per heavy atom. The summed E-state index contributed by atoms with van der Waals surface area (Å²) in [5.41, 5.74) is 1.88. The van der Waals surface area contributed by atoms with Gasteiger partial charge in [-0.3, -0.25) is 14.2 Å². The van der Waals surface area contributed by atoms with Gasteiger partial charge in [-0.25, -0.2) is 9.97 Å². The molecule has 0 aliphatic carbocycles. The number of aromatic amines is 1. The number of hydrogen-bond acceptors (Lipinski definition) is 5. The van der Waals surface area contributed by atoms with Crippen molar-refractivity contribution in [1.82, 2.24) is 19.5 Å². The van der Waals surface area contributed by atoms with Crippen LogP contribution in [0, 0.1) is 0 Å². The van der Waals surface area contributed by atoms with Crippen molar-refractivity contribution in [2.75, 3.05) is 0 Å². The molecule has 0 fully saturated rings. The molecule has 0 unspecified atom stereocenters. The first kappa shape index (κ1) is 14.5. The second kappa shape index (κ2) is 5.86. The third kappa shape index (κ3) is 2.65. The molecule has 118 valence electrons. The Balaban J connectivity index is 1.78. The third-order valence-corrected chi connectivity index (χ3v) is 4.79. The Hall–Kier alpha value is -3.06. The van der Waals surface area contributed by atoms with Crippen LogP contribution in [0.3, 0.4) is 0 Å². The van der Waals surface area contributed by atoms with E-state index in [-0.39, 0.29) is 17.7 Å². The molecule has 0 spiro atoms. The quantitative estimate of drug-likeness (QED) is 0.622. The minimum absolute atomic E-state index is 0.130. The molecule has 0 amide bonds. The highest BCUT2D eigenvalue weighted by Crippen LogP contribution is 2.30. The number of benzene rings is 1. The second-order valence-corrected chi connectivity index (χ2v) is 6.32. The van der Waals surface area contributed by atoms with Crippen molar-refractivity contribution in [3.63, 3.8) is 0 Å². The first-order valence-corrected chi connectivity index (χ1v) is 8.10. The van der Waals surface area contributed by atoms with Gasteiger partial charge in [-0.2, -0.15) is 0 Å². The molecular weight excluding hydrogens is 324 g/mol. The van der Waals surface area contributed by atoms with Crippen LogP contribution in [0.5, 0.6) is 0 Å². The summed E-state index contributed by atoms with van der Waals surface area (Å²) in [5.74, 6) is 0. The number of rotatable bonds is 3. The fraction of sp³-hybridized carbons (Fsp3) is 0.0588. The van der Waals surface area contributed by atoms with E-state index in [1.807, 2.05) is 36.4 Å². The normalized spacial score (nSPS) is 11.0. The number of nitrogens with zero attached hydrogens (tertiary/aromatic N) is 3. The minimum atomic E-state index is -0.246. The SMILES string of the molecule is O=c1cc(Cn2cnc3cc(-c4ccccc4)sc3c2=O)nc[nH]1. The molecule has 3 aromatic heterocycles. The molecule has 0 aliphatic heterocycles. The Morgan fingerprint density at radius 3 is 2.71 bits per heavy atom. The summed E-state index contributed by atoms with van der Waals surface area (Å²) in [5, 5.41) is 0. The van der Waals surface area contributed by atoms with Gasteiger partial charge in [-0.05, 0) is 11.6 Å². The van der Waals surface area contributed by atoms with Crippen molar-refractivity contribution in [1.29, 1.82) is 0 Å². The zero-order chi connectivity index (χ0) is 16.5. The first-order chi connectivity index (χ1) is 11.7. The van der Waals surface area contributed by atoms with Crippen LogP contribution in [0.4, 0.5) is 0 Å². The topological polar surface area (TPSA) is 80.6 Å². The summed E-state index contributed by atoms with van der Waals surface area (Å²) < 4.78 is 2.07. The molecule has 24 heavy (non-hydrogen) atoms. The van der Waals surface area contributed by atoms with Gasteiger partial charge >= 0.3 is 0 Å². The summed E-state index contributed by atoms with van der Waals surface area (Å²) in [6, 6.07) is 13.2. The lowest BCUT2D eigenvalue weighted by atomic mass is 10.2. The summed E-state index contributed by atoms with van der Waals surface area (Å²) in [4.78, 5) is 35.9. The molecule has 0 saturated heterocycles. The number of fused-ring (bicyclic) bond motifs is 1. The summed E-state index contributed by atoms with van der Waals surface area (Å²) in [6.45, 7) is 0.213. The molecule has 1 aromatic carbocycles. The number of hydrogen-bond donors (Lipinski definition) is 1. The van der Waals surface area contributed by atoms with E-state index < -0.39 is 0 Å². The molecule has 0 bridgehead atoms. The van der Waals surface area contributed by atoms with Gasteiger partial charge < -0.3 is 4.98 Å². The van der Waals surface area contributed by atoms with Crippen molar-refractivity contribution in [2.45, 2.75) is 6.54 Å². The van der Waals surface area contributed by atoms with Gasteiger partial charge in [0.05, 0.1) is 30.4 Å².